The molecule has 1 heterocycles. The summed E-state index contributed by atoms with van der Waals surface area (Å²) in [5.74, 6) is -0.854. The molecule has 1 fully saturated rings. The molecular weight excluding hydrogens is 247 g/mol. The van der Waals surface area contributed by atoms with Crippen molar-refractivity contribution in [1.82, 2.24) is 4.47 Å². The summed E-state index contributed by atoms with van der Waals surface area (Å²) in [6.45, 7) is 0.514. The monoisotopic (exact) mass is 256 g/mol. The van der Waals surface area contributed by atoms with E-state index in [1.807, 2.05) is 0 Å². The molecule has 0 N–H and O–H groups in total. The molecule has 0 amide bonds. The Hall–Kier alpha value is -1.49. The molecule has 90 valence electrons. The van der Waals surface area contributed by atoms with Crippen LogP contribution >= 0.6 is 0 Å². The Labute approximate surface area is 98.0 Å². The number of hydroxylamine groups is 1. The highest BCUT2D eigenvalue weighted by Crippen LogP contribution is 2.24. The average molecular weight is 256 g/mol. The van der Waals surface area contributed by atoms with Gasteiger partial charge in [0.2, 0.25) is 0 Å². The molecule has 1 aliphatic heterocycles. The third kappa shape index (κ3) is 2.02. The Morgan fingerprint density at radius 3 is 2.82 bits per heavy atom. The van der Waals surface area contributed by atoms with Gasteiger partial charge in [-0.25, -0.2) is 12.8 Å². The van der Waals surface area contributed by atoms with Crippen molar-refractivity contribution in [3.63, 3.8) is 0 Å². The van der Waals surface area contributed by atoms with E-state index in [9.17, 15) is 12.8 Å². The van der Waals surface area contributed by atoms with Gasteiger partial charge in [-0.15, -0.1) is 0 Å². The summed E-state index contributed by atoms with van der Waals surface area (Å²) in [5, 5.41) is 8.79. The lowest BCUT2D eigenvalue weighted by Crippen LogP contribution is -2.27. The number of hydrogen-bond acceptors (Lipinski definition) is 4. The molecule has 1 aromatic rings. The van der Waals surface area contributed by atoms with Crippen molar-refractivity contribution < 1.29 is 17.6 Å². The van der Waals surface area contributed by atoms with Crippen LogP contribution in [0.5, 0.6) is 0 Å². The van der Waals surface area contributed by atoms with Crippen LogP contribution in [0.15, 0.2) is 23.1 Å². The first-order valence-electron chi connectivity index (χ1n) is 4.91. The van der Waals surface area contributed by atoms with Crippen molar-refractivity contribution >= 4 is 10.0 Å². The Kier molecular flexibility index (Phi) is 3.11. The Morgan fingerprint density at radius 1 is 1.47 bits per heavy atom. The quantitative estimate of drug-likeness (QED) is 0.792. The summed E-state index contributed by atoms with van der Waals surface area (Å²) >= 11 is 0. The molecule has 0 radical (unpaired) electrons. The smallest absolute Gasteiger partial charge is 0.266 e. The SMILES string of the molecule is N#Cc1c(F)cccc1S(=O)(=O)N1CCCO1. The minimum absolute atomic E-state index is 0.212. The van der Waals surface area contributed by atoms with Gasteiger partial charge < -0.3 is 0 Å². The number of benzene rings is 1. The summed E-state index contributed by atoms with van der Waals surface area (Å²) in [6, 6.07) is 5.04. The van der Waals surface area contributed by atoms with Crippen molar-refractivity contribution in [2.24, 2.45) is 0 Å². The highest BCUT2D eigenvalue weighted by molar-refractivity contribution is 7.89. The molecule has 0 unspecified atom stereocenters. The molecule has 17 heavy (non-hydrogen) atoms. The number of nitrogens with zero attached hydrogens (tertiary/aromatic N) is 2. The standard InChI is InChI=1S/C10H9FN2O3S/c11-9-3-1-4-10(8(9)7-12)17(14,15)13-5-2-6-16-13/h1,3-4H,2,5-6H2. The lowest BCUT2D eigenvalue weighted by molar-refractivity contribution is -0.0284. The minimum Gasteiger partial charge on any atom is -0.284 e. The van der Waals surface area contributed by atoms with Gasteiger partial charge in [-0.2, -0.15) is 5.26 Å². The lowest BCUT2D eigenvalue weighted by atomic mass is 10.2. The van der Waals surface area contributed by atoms with Gasteiger partial charge in [-0.1, -0.05) is 10.5 Å². The first-order chi connectivity index (χ1) is 8.07. The van der Waals surface area contributed by atoms with Gasteiger partial charge in [0.15, 0.2) is 0 Å². The second-order valence-corrected chi connectivity index (χ2v) is 5.24. The van der Waals surface area contributed by atoms with Gasteiger partial charge in [0.05, 0.1) is 6.61 Å². The van der Waals surface area contributed by atoms with Crippen molar-refractivity contribution in [3.05, 3.63) is 29.6 Å². The topological polar surface area (TPSA) is 70.4 Å². The molecule has 5 nitrogen and oxygen atoms in total. The summed E-state index contributed by atoms with van der Waals surface area (Å²) in [7, 11) is -3.96. The van der Waals surface area contributed by atoms with E-state index in [0.29, 0.717) is 13.0 Å². The zero-order chi connectivity index (χ0) is 12.5. The van der Waals surface area contributed by atoms with Crippen molar-refractivity contribution in [2.75, 3.05) is 13.2 Å². The van der Waals surface area contributed by atoms with Gasteiger partial charge in [0, 0.05) is 6.54 Å². The Morgan fingerprint density at radius 2 is 2.24 bits per heavy atom. The van der Waals surface area contributed by atoms with Crippen LogP contribution in [-0.4, -0.2) is 26.0 Å². The molecule has 0 bridgehead atoms. The van der Waals surface area contributed by atoms with Gasteiger partial charge in [0.1, 0.15) is 22.3 Å². The van der Waals surface area contributed by atoms with E-state index in [2.05, 4.69) is 0 Å². The third-order valence-corrected chi connectivity index (χ3v) is 4.07. The van der Waals surface area contributed by atoms with E-state index in [0.717, 1.165) is 10.5 Å². The molecule has 0 aromatic heterocycles. The second kappa shape index (κ2) is 4.41. The predicted molar refractivity (Wildman–Crippen MR) is 55.6 cm³/mol. The number of rotatable bonds is 2. The van der Waals surface area contributed by atoms with E-state index < -0.39 is 21.4 Å². The zero-order valence-corrected chi connectivity index (χ0v) is 9.58. The fraction of sp³-hybridized carbons (Fsp3) is 0.300. The number of halogens is 1. The lowest BCUT2D eigenvalue weighted by Gasteiger charge is -2.15. The van der Waals surface area contributed by atoms with Gasteiger partial charge in [-0.05, 0) is 18.6 Å². The molecular formula is C10H9FN2O3S. The Balaban J connectivity index is 2.54. The fourth-order valence-electron chi connectivity index (χ4n) is 1.55. The predicted octanol–water partition coefficient (Wildman–Crippen LogP) is 1.02. The van der Waals surface area contributed by atoms with E-state index in [1.54, 1.807) is 6.07 Å². The summed E-state index contributed by atoms with van der Waals surface area (Å²) in [4.78, 5) is 4.57. The van der Waals surface area contributed by atoms with E-state index in [1.165, 1.54) is 12.1 Å². The molecule has 0 atom stereocenters. The number of nitriles is 1. The molecule has 2 rings (SSSR count). The first kappa shape index (κ1) is 12.0. The number of hydrogen-bond donors (Lipinski definition) is 0. The van der Waals surface area contributed by atoms with Crippen LogP contribution < -0.4 is 0 Å². The maximum atomic E-state index is 13.3. The maximum Gasteiger partial charge on any atom is 0.266 e. The summed E-state index contributed by atoms with van der Waals surface area (Å²) < 4.78 is 38.2. The van der Waals surface area contributed by atoms with E-state index in [-0.39, 0.29) is 11.4 Å². The van der Waals surface area contributed by atoms with Crippen LogP contribution in [0.2, 0.25) is 0 Å². The highest BCUT2D eigenvalue weighted by atomic mass is 32.2. The highest BCUT2D eigenvalue weighted by Gasteiger charge is 2.31. The largest absolute Gasteiger partial charge is 0.284 e. The van der Waals surface area contributed by atoms with Crippen molar-refractivity contribution in [1.29, 1.82) is 5.26 Å². The van der Waals surface area contributed by atoms with E-state index >= 15 is 0 Å². The second-order valence-electron chi connectivity index (χ2n) is 3.44. The van der Waals surface area contributed by atoms with Gasteiger partial charge in [0.25, 0.3) is 10.0 Å². The van der Waals surface area contributed by atoms with Crippen molar-refractivity contribution in [3.8, 4) is 6.07 Å². The van der Waals surface area contributed by atoms with Crippen LogP contribution in [0, 0.1) is 17.1 Å². The van der Waals surface area contributed by atoms with Crippen LogP contribution in [0.3, 0.4) is 0 Å². The average Bonchev–Trinajstić information content (AvgIpc) is 2.82. The first-order valence-corrected chi connectivity index (χ1v) is 6.35. The van der Waals surface area contributed by atoms with Crippen LogP contribution in [-0.2, 0) is 14.9 Å². The third-order valence-electron chi connectivity index (χ3n) is 2.35. The maximum absolute atomic E-state index is 13.3. The van der Waals surface area contributed by atoms with E-state index in [4.69, 9.17) is 10.1 Å². The molecule has 0 aliphatic carbocycles. The number of sulfonamides is 1. The minimum atomic E-state index is -3.96. The summed E-state index contributed by atoms with van der Waals surface area (Å²) in [6.07, 6.45) is 0.580. The molecule has 1 aromatic carbocycles. The van der Waals surface area contributed by atoms with Crippen LogP contribution in [0.1, 0.15) is 12.0 Å². The molecule has 1 saturated heterocycles. The van der Waals surface area contributed by atoms with Gasteiger partial charge in [-0.3, -0.25) is 4.84 Å². The summed E-state index contributed by atoms with van der Waals surface area (Å²) in [5.41, 5.74) is -0.483. The Bertz CT molecular complexity index is 574. The molecule has 1 aliphatic rings. The van der Waals surface area contributed by atoms with Crippen LogP contribution in [0.25, 0.3) is 0 Å². The van der Waals surface area contributed by atoms with Crippen LogP contribution in [0.4, 0.5) is 4.39 Å². The molecule has 7 heteroatoms. The molecule has 0 saturated carbocycles. The van der Waals surface area contributed by atoms with Gasteiger partial charge >= 0.3 is 0 Å². The molecule has 0 spiro atoms. The zero-order valence-electron chi connectivity index (χ0n) is 8.76. The fourth-order valence-corrected chi connectivity index (χ4v) is 3.01. The van der Waals surface area contributed by atoms with Crippen molar-refractivity contribution in [2.45, 2.75) is 11.3 Å². The normalized spacial score (nSPS) is 16.9.